The van der Waals surface area contributed by atoms with Crippen molar-refractivity contribution in [1.82, 2.24) is 25.1 Å². The number of hydrogen-bond donors (Lipinski definition) is 0. The molecule has 4 rings (SSSR count). The van der Waals surface area contributed by atoms with Gasteiger partial charge in [-0.1, -0.05) is 0 Å². The lowest BCUT2D eigenvalue weighted by Gasteiger charge is -2.39. The minimum atomic E-state index is 0.510. The highest BCUT2D eigenvalue weighted by atomic mass is 16.5. The Hall–Kier alpha value is -2.22. The van der Waals surface area contributed by atoms with E-state index in [0.717, 1.165) is 38.3 Å². The number of nitrogens with zero attached hydrogens (tertiary/aromatic N) is 6. The predicted octanol–water partition coefficient (Wildman–Crippen LogP) is 1.50. The Labute approximate surface area is 140 Å². The van der Waals surface area contributed by atoms with Crippen molar-refractivity contribution in [2.45, 2.75) is 44.3 Å². The van der Waals surface area contributed by atoms with Crippen LogP contribution in [0.5, 0.6) is 5.88 Å². The number of hydrogen-bond acceptors (Lipinski definition) is 8. The second-order valence-electron chi connectivity index (χ2n) is 6.40. The number of methoxy groups -OCH3 is 1. The van der Waals surface area contributed by atoms with Gasteiger partial charge in [-0.25, -0.2) is 9.97 Å². The molecule has 2 fully saturated rings. The Morgan fingerprint density at radius 2 is 2.00 bits per heavy atom. The van der Waals surface area contributed by atoms with Crippen LogP contribution in [0, 0.1) is 0 Å². The Balaban J connectivity index is 1.42. The monoisotopic (exact) mass is 330 g/mol. The first-order chi connectivity index (χ1) is 11.8. The summed E-state index contributed by atoms with van der Waals surface area (Å²) in [6, 6.07) is 3.07. The van der Waals surface area contributed by atoms with Gasteiger partial charge in [-0.05, 0) is 25.7 Å². The van der Waals surface area contributed by atoms with E-state index in [0.29, 0.717) is 23.9 Å². The van der Waals surface area contributed by atoms with E-state index >= 15 is 0 Å². The van der Waals surface area contributed by atoms with Crippen molar-refractivity contribution in [2.24, 2.45) is 0 Å². The fourth-order valence-corrected chi connectivity index (χ4v) is 3.42. The molecule has 1 saturated carbocycles. The zero-order chi connectivity index (χ0) is 16.4. The van der Waals surface area contributed by atoms with Crippen molar-refractivity contribution < 1.29 is 9.15 Å². The summed E-state index contributed by atoms with van der Waals surface area (Å²) in [6.45, 7) is 2.79. The molecule has 0 spiro atoms. The van der Waals surface area contributed by atoms with Crippen LogP contribution in [-0.2, 0) is 6.54 Å². The zero-order valence-electron chi connectivity index (χ0n) is 13.8. The van der Waals surface area contributed by atoms with Gasteiger partial charge in [0.25, 0.3) is 0 Å². The second-order valence-corrected chi connectivity index (χ2v) is 6.40. The topological polar surface area (TPSA) is 80.4 Å². The molecule has 8 nitrogen and oxygen atoms in total. The van der Waals surface area contributed by atoms with E-state index in [1.807, 2.05) is 6.07 Å². The molecule has 24 heavy (non-hydrogen) atoms. The van der Waals surface area contributed by atoms with E-state index in [4.69, 9.17) is 9.15 Å². The molecule has 0 aromatic carbocycles. The van der Waals surface area contributed by atoms with Gasteiger partial charge in [0.05, 0.1) is 13.7 Å². The maximum atomic E-state index is 5.26. The van der Waals surface area contributed by atoms with Crippen LogP contribution in [0.15, 0.2) is 23.2 Å². The first-order valence-electron chi connectivity index (χ1n) is 8.45. The van der Waals surface area contributed by atoms with Crippen LogP contribution >= 0.6 is 0 Å². The van der Waals surface area contributed by atoms with Crippen LogP contribution in [0.3, 0.4) is 0 Å². The van der Waals surface area contributed by atoms with Crippen molar-refractivity contribution >= 4 is 5.82 Å². The molecule has 0 radical (unpaired) electrons. The molecule has 1 aliphatic carbocycles. The Morgan fingerprint density at radius 3 is 2.67 bits per heavy atom. The van der Waals surface area contributed by atoms with Crippen molar-refractivity contribution in [2.75, 3.05) is 25.1 Å². The molecule has 0 amide bonds. The van der Waals surface area contributed by atoms with Gasteiger partial charge in [0, 0.05) is 31.2 Å². The number of likely N-dealkylation sites (tertiary alicyclic amines) is 1. The molecular weight excluding hydrogens is 308 g/mol. The molecule has 128 valence electrons. The summed E-state index contributed by atoms with van der Waals surface area (Å²) in [7, 11) is 1.64. The Kier molecular flexibility index (Phi) is 4.29. The van der Waals surface area contributed by atoms with E-state index in [-0.39, 0.29) is 0 Å². The molecule has 1 aliphatic heterocycles. The average molecular weight is 330 g/mol. The van der Waals surface area contributed by atoms with E-state index in [9.17, 15) is 0 Å². The van der Waals surface area contributed by atoms with E-state index in [2.05, 4.69) is 30.0 Å². The lowest BCUT2D eigenvalue weighted by molar-refractivity contribution is 0.184. The molecule has 3 heterocycles. The minimum Gasteiger partial charge on any atom is -0.481 e. The van der Waals surface area contributed by atoms with E-state index in [1.165, 1.54) is 19.2 Å². The zero-order valence-corrected chi connectivity index (χ0v) is 13.8. The standard InChI is InChI=1S/C16H22N6O2/c1-23-15-8-14(17-10-18-15)22(12-2-3-12)13-4-6-21(7-5-13)9-16-20-19-11-24-16/h8,10-13H,2-7,9H2,1H3. The predicted molar refractivity (Wildman–Crippen MR) is 86.7 cm³/mol. The smallest absolute Gasteiger partial charge is 0.230 e. The van der Waals surface area contributed by atoms with Crippen molar-refractivity contribution in [3.05, 3.63) is 24.7 Å². The number of anilines is 1. The number of rotatable bonds is 6. The fraction of sp³-hybridized carbons (Fsp3) is 0.625. The number of ether oxygens (including phenoxy) is 1. The van der Waals surface area contributed by atoms with Crippen LogP contribution in [0.25, 0.3) is 0 Å². The van der Waals surface area contributed by atoms with Crippen LogP contribution in [0.1, 0.15) is 31.6 Å². The lowest BCUT2D eigenvalue weighted by atomic mass is 10.0. The molecular formula is C16H22N6O2. The first-order valence-corrected chi connectivity index (χ1v) is 8.45. The SMILES string of the molecule is COc1cc(N(C2CC2)C2CCN(Cc3nnco3)CC2)ncn1. The average Bonchev–Trinajstić information content (AvgIpc) is 3.32. The Bertz CT molecular complexity index is 652. The third-order valence-electron chi connectivity index (χ3n) is 4.76. The maximum absolute atomic E-state index is 5.26. The number of aromatic nitrogens is 4. The lowest BCUT2D eigenvalue weighted by Crippen LogP contribution is -2.46. The molecule has 8 heteroatoms. The highest BCUT2D eigenvalue weighted by Crippen LogP contribution is 2.36. The molecule has 2 aromatic rings. The fourth-order valence-electron chi connectivity index (χ4n) is 3.42. The maximum Gasteiger partial charge on any atom is 0.230 e. The first kappa shape index (κ1) is 15.3. The molecule has 2 aliphatic rings. The minimum absolute atomic E-state index is 0.510. The van der Waals surface area contributed by atoms with Crippen LogP contribution in [-0.4, -0.2) is 57.3 Å². The quantitative estimate of drug-likeness (QED) is 0.788. The molecule has 0 atom stereocenters. The summed E-state index contributed by atoms with van der Waals surface area (Å²) in [5.41, 5.74) is 0. The summed E-state index contributed by atoms with van der Waals surface area (Å²) < 4.78 is 10.5. The van der Waals surface area contributed by atoms with Gasteiger partial charge in [0.2, 0.25) is 18.2 Å². The van der Waals surface area contributed by atoms with E-state index < -0.39 is 0 Å². The highest BCUT2D eigenvalue weighted by molar-refractivity contribution is 5.45. The third-order valence-corrected chi connectivity index (χ3v) is 4.76. The highest BCUT2D eigenvalue weighted by Gasteiger charge is 2.36. The summed E-state index contributed by atoms with van der Waals surface area (Å²) in [5, 5.41) is 7.71. The van der Waals surface area contributed by atoms with Gasteiger partial charge in [-0.2, -0.15) is 0 Å². The largest absolute Gasteiger partial charge is 0.481 e. The van der Waals surface area contributed by atoms with Gasteiger partial charge in [-0.15, -0.1) is 10.2 Å². The van der Waals surface area contributed by atoms with Crippen molar-refractivity contribution in [3.8, 4) is 5.88 Å². The molecule has 0 N–H and O–H groups in total. The van der Waals surface area contributed by atoms with Gasteiger partial charge >= 0.3 is 0 Å². The summed E-state index contributed by atoms with van der Waals surface area (Å²) in [6.07, 6.45) is 7.69. The van der Waals surface area contributed by atoms with Crippen LogP contribution in [0.2, 0.25) is 0 Å². The van der Waals surface area contributed by atoms with Crippen LogP contribution in [0.4, 0.5) is 5.82 Å². The second kappa shape index (κ2) is 6.72. The summed E-state index contributed by atoms with van der Waals surface area (Å²) in [4.78, 5) is 13.5. The third kappa shape index (κ3) is 3.33. The van der Waals surface area contributed by atoms with Gasteiger partial charge in [-0.3, -0.25) is 4.90 Å². The Morgan fingerprint density at radius 1 is 1.21 bits per heavy atom. The van der Waals surface area contributed by atoms with Gasteiger partial charge in [0.1, 0.15) is 12.1 Å². The number of piperidine rings is 1. The molecule has 1 saturated heterocycles. The summed E-state index contributed by atoms with van der Waals surface area (Å²) in [5.74, 6) is 2.30. The van der Waals surface area contributed by atoms with Crippen LogP contribution < -0.4 is 9.64 Å². The van der Waals surface area contributed by atoms with Gasteiger partial charge in [0.15, 0.2) is 0 Å². The van der Waals surface area contributed by atoms with Crippen molar-refractivity contribution in [1.29, 1.82) is 0 Å². The molecule has 2 aromatic heterocycles. The van der Waals surface area contributed by atoms with Gasteiger partial charge < -0.3 is 14.1 Å². The van der Waals surface area contributed by atoms with Crippen molar-refractivity contribution in [3.63, 3.8) is 0 Å². The molecule has 0 unspecified atom stereocenters. The normalized spacial score (nSPS) is 19.4. The summed E-state index contributed by atoms with van der Waals surface area (Å²) >= 11 is 0. The van der Waals surface area contributed by atoms with E-state index in [1.54, 1.807) is 13.4 Å². The molecule has 0 bridgehead atoms.